The number of hydrogen-bond donors (Lipinski definition) is 1. The molecule has 0 radical (unpaired) electrons. The number of anilines is 1. The van der Waals surface area contributed by atoms with Gasteiger partial charge in [0.1, 0.15) is 11.9 Å². The Labute approximate surface area is 99.0 Å². The van der Waals surface area contributed by atoms with Gasteiger partial charge in [-0.15, -0.1) is 0 Å². The summed E-state index contributed by atoms with van der Waals surface area (Å²) in [5.74, 6) is 0.326. The Hall–Kier alpha value is -1.69. The van der Waals surface area contributed by atoms with E-state index in [4.69, 9.17) is 5.11 Å². The van der Waals surface area contributed by atoms with Crippen molar-refractivity contribution in [2.75, 3.05) is 24.6 Å². The van der Waals surface area contributed by atoms with Gasteiger partial charge in [-0.2, -0.15) is 0 Å². The Morgan fingerprint density at radius 1 is 1.53 bits per heavy atom. The Morgan fingerprint density at radius 3 is 2.82 bits per heavy atom. The summed E-state index contributed by atoms with van der Waals surface area (Å²) in [5.41, 5.74) is 0.677. The van der Waals surface area contributed by atoms with E-state index in [0.29, 0.717) is 11.6 Å². The number of rotatable bonds is 3. The zero-order valence-corrected chi connectivity index (χ0v) is 9.45. The van der Waals surface area contributed by atoms with E-state index in [1.165, 1.54) is 6.20 Å². The van der Waals surface area contributed by atoms with E-state index in [0.717, 1.165) is 25.9 Å². The van der Waals surface area contributed by atoms with Crippen molar-refractivity contribution in [3.05, 3.63) is 28.6 Å². The second kappa shape index (κ2) is 5.09. The van der Waals surface area contributed by atoms with Crippen LogP contribution in [0.4, 0.5) is 11.4 Å². The SMILES string of the molecule is O=[N+]([O-])c1cnccc1N1CCC(CO)CC1. The summed E-state index contributed by atoms with van der Waals surface area (Å²) in [6.07, 6.45) is 4.60. The van der Waals surface area contributed by atoms with Gasteiger partial charge >= 0.3 is 5.69 Å². The highest BCUT2D eigenvalue weighted by Gasteiger charge is 2.24. The largest absolute Gasteiger partial charge is 0.396 e. The third kappa shape index (κ3) is 2.52. The Bertz CT molecular complexity index is 403. The number of aliphatic hydroxyl groups is 1. The van der Waals surface area contributed by atoms with Crippen molar-refractivity contribution in [1.82, 2.24) is 4.98 Å². The molecule has 0 amide bonds. The Balaban J connectivity index is 2.15. The van der Waals surface area contributed by atoms with E-state index in [-0.39, 0.29) is 12.3 Å². The molecule has 0 aromatic carbocycles. The molecule has 0 atom stereocenters. The minimum atomic E-state index is -0.402. The summed E-state index contributed by atoms with van der Waals surface area (Å²) in [6.45, 7) is 1.69. The van der Waals surface area contributed by atoms with E-state index in [1.54, 1.807) is 12.3 Å². The molecule has 1 N–H and O–H groups in total. The average molecular weight is 237 g/mol. The fraction of sp³-hybridized carbons (Fsp3) is 0.545. The summed E-state index contributed by atoms with van der Waals surface area (Å²) in [7, 11) is 0. The van der Waals surface area contributed by atoms with Crippen LogP contribution in [-0.2, 0) is 0 Å². The van der Waals surface area contributed by atoms with Crippen LogP contribution < -0.4 is 4.90 Å². The molecule has 17 heavy (non-hydrogen) atoms. The number of piperidine rings is 1. The highest BCUT2D eigenvalue weighted by Crippen LogP contribution is 2.30. The number of aliphatic hydroxyl groups excluding tert-OH is 1. The highest BCUT2D eigenvalue weighted by atomic mass is 16.6. The quantitative estimate of drug-likeness (QED) is 0.631. The van der Waals surface area contributed by atoms with Crippen LogP contribution in [0.25, 0.3) is 0 Å². The zero-order chi connectivity index (χ0) is 12.3. The van der Waals surface area contributed by atoms with Gasteiger partial charge in [0.2, 0.25) is 0 Å². The molecule has 0 spiro atoms. The topological polar surface area (TPSA) is 79.5 Å². The van der Waals surface area contributed by atoms with Crippen LogP contribution in [0, 0.1) is 16.0 Å². The molecule has 2 heterocycles. The molecule has 1 aromatic heterocycles. The number of nitro groups is 1. The van der Waals surface area contributed by atoms with Gasteiger partial charge in [0.15, 0.2) is 0 Å². The van der Waals surface area contributed by atoms with Gasteiger partial charge in [-0.1, -0.05) is 0 Å². The van der Waals surface area contributed by atoms with Crippen molar-refractivity contribution in [3.63, 3.8) is 0 Å². The second-order valence-corrected chi connectivity index (χ2v) is 4.23. The molecule has 1 aromatic rings. The summed E-state index contributed by atoms with van der Waals surface area (Å²) in [4.78, 5) is 16.3. The third-order valence-electron chi connectivity index (χ3n) is 3.19. The first kappa shape index (κ1) is 11.8. The predicted molar refractivity (Wildman–Crippen MR) is 62.9 cm³/mol. The maximum absolute atomic E-state index is 10.9. The van der Waals surface area contributed by atoms with Crippen LogP contribution in [0.1, 0.15) is 12.8 Å². The van der Waals surface area contributed by atoms with Crippen LogP contribution in [0.5, 0.6) is 0 Å². The average Bonchev–Trinajstić information content (AvgIpc) is 2.39. The van der Waals surface area contributed by atoms with E-state index < -0.39 is 4.92 Å². The van der Waals surface area contributed by atoms with E-state index >= 15 is 0 Å². The van der Waals surface area contributed by atoms with Crippen molar-refractivity contribution < 1.29 is 10.0 Å². The lowest BCUT2D eigenvalue weighted by Crippen LogP contribution is -2.35. The first-order valence-electron chi connectivity index (χ1n) is 5.66. The molecular formula is C11H15N3O3. The first-order chi connectivity index (χ1) is 8.22. The van der Waals surface area contributed by atoms with Gasteiger partial charge in [0.25, 0.3) is 0 Å². The van der Waals surface area contributed by atoms with Gasteiger partial charge in [0, 0.05) is 25.9 Å². The summed E-state index contributed by atoms with van der Waals surface area (Å²) < 4.78 is 0. The standard InChI is InChI=1S/C11H15N3O3/c15-8-9-2-5-13(6-3-9)10-1-4-12-7-11(10)14(16)17/h1,4,7,9,15H,2-3,5-6,8H2. The van der Waals surface area contributed by atoms with Crippen molar-refractivity contribution >= 4 is 11.4 Å². The number of hydrogen-bond acceptors (Lipinski definition) is 5. The molecule has 0 unspecified atom stereocenters. The maximum atomic E-state index is 10.9. The van der Waals surface area contributed by atoms with E-state index in [9.17, 15) is 10.1 Å². The molecule has 6 nitrogen and oxygen atoms in total. The molecular weight excluding hydrogens is 222 g/mol. The molecule has 0 saturated carbocycles. The summed E-state index contributed by atoms with van der Waals surface area (Å²) in [6, 6.07) is 1.68. The van der Waals surface area contributed by atoms with Crippen LogP contribution in [-0.4, -0.2) is 34.7 Å². The predicted octanol–water partition coefficient (Wildman–Crippen LogP) is 1.20. The first-order valence-corrected chi connectivity index (χ1v) is 5.66. The van der Waals surface area contributed by atoms with Crippen LogP contribution in [0.15, 0.2) is 18.5 Å². The Kier molecular flexibility index (Phi) is 3.53. The molecule has 0 bridgehead atoms. The van der Waals surface area contributed by atoms with E-state index in [2.05, 4.69) is 4.98 Å². The van der Waals surface area contributed by atoms with Gasteiger partial charge in [-0.25, -0.2) is 0 Å². The summed E-state index contributed by atoms with van der Waals surface area (Å²) >= 11 is 0. The van der Waals surface area contributed by atoms with Crippen LogP contribution >= 0.6 is 0 Å². The van der Waals surface area contributed by atoms with Crippen LogP contribution in [0.2, 0.25) is 0 Å². The van der Waals surface area contributed by atoms with E-state index in [1.807, 2.05) is 4.90 Å². The molecule has 2 rings (SSSR count). The Morgan fingerprint density at radius 2 is 2.24 bits per heavy atom. The summed E-state index contributed by atoms with van der Waals surface area (Å²) in [5, 5.41) is 19.9. The second-order valence-electron chi connectivity index (χ2n) is 4.23. The normalized spacial score (nSPS) is 17.1. The minimum absolute atomic E-state index is 0.0509. The lowest BCUT2D eigenvalue weighted by molar-refractivity contribution is -0.384. The highest BCUT2D eigenvalue weighted by molar-refractivity contribution is 5.61. The zero-order valence-electron chi connectivity index (χ0n) is 9.45. The molecule has 0 aliphatic carbocycles. The van der Waals surface area contributed by atoms with Gasteiger partial charge in [0.05, 0.1) is 4.92 Å². The van der Waals surface area contributed by atoms with Crippen molar-refractivity contribution in [2.45, 2.75) is 12.8 Å². The van der Waals surface area contributed by atoms with Crippen LogP contribution in [0.3, 0.4) is 0 Å². The molecule has 1 fully saturated rings. The lowest BCUT2D eigenvalue weighted by Gasteiger charge is -2.32. The smallest absolute Gasteiger partial charge is 0.310 e. The fourth-order valence-corrected chi connectivity index (χ4v) is 2.14. The number of aromatic nitrogens is 1. The van der Waals surface area contributed by atoms with Gasteiger partial charge < -0.3 is 10.0 Å². The fourth-order valence-electron chi connectivity index (χ4n) is 2.14. The number of pyridine rings is 1. The van der Waals surface area contributed by atoms with Crippen molar-refractivity contribution in [2.24, 2.45) is 5.92 Å². The third-order valence-corrected chi connectivity index (χ3v) is 3.19. The molecule has 6 heteroatoms. The van der Waals surface area contributed by atoms with Crippen molar-refractivity contribution in [3.8, 4) is 0 Å². The maximum Gasteiger partial charge on any atom is 0.310 e. The number of nitrogens with zero attached hydrogens (tertiary/aromatic N) is 3. The van der Waals surface area contributed by atoms with Gasteiger partial charge in [-0.3, -0.25) is 15.1 Å². The molecule has 1 saturated heterocycles. The minimum Gasteiger partial charge on any atom is -0.396 e. The molecule has 1 aliphatic heterocycles. The molecule has 92 valence electrons. The lowest BCUT2D eigenvalue weighted by atomic mass is 9.97. The monoisotopic (exact) mass is 237 g/mol. The molecule has 1 aliphatic rings. The van der Waals surface area contributed by atoms with Crippen molar-refractivity contribution in [1.29, 1.82) is 0 Å². The van der Waals surface area contributed by atoms with Gasteiger partial charge in [-0.05, 0) is 24.8 Å².